The van der Waals surface area contributed by atoms with E-state index in [1.165, 1.54) is 6.07 Å². The van der Waals surface area contributed by atoms with Crippen LogP contribution in [0, 0.1) is 0 Å². The maximum atomic E-state index is 12.1. The van der Waals surface area contributed by atoms with Crippen molar-refractivity contribution in [3.05, 3.63) is 71.2 Å². The summed E-state index contributed by atoms with van der Waals surface area (Å²) in [6.07, 6.45) is 1.03. The Morgan fingerprint density at radius 3 is 2.14 bits per heavy atom. The third-order valence-electron chi connectivity index (χ3n) is 2.52. The number of halogens is 1. The second-order valence-electron chi connectivity index (χ2n) is 3.94. The van der Waals surface area contributed by atoms with E-state index in [2.05, 4.69) is 22.5 Å². The molecule has 0 atom stereocenters. The van der Waals surface area contributed by atoms with E-state index >= 15 is 0 Å². The molecule has 21 heavy (non-hydrogen) atoms. The van der Waals surface area contributed by atoms with E-state index < -0.39 is 11.9 Å². The maximum absolute atomic E-state index is 12.1. The summed E-state index contributed by atoms with van der Waals surface area (Å²) in [4.78, 5) is 23.4. The third-order valence-corrected chi connectivity index (χ3v) is 3.21. The van der Waals surface area contributed by atoms with Gasteiger partial charge in [-0.25, -0.2) is 9.59 Å². The summed E-state index contributed by atoms with van der Waals surface area (Å²) in [7, 11) is 0. The van der Waals surface area contributed by atoms with Gasteiger partial charge in [-0.05, 0) is 40.2 Å². The van der Waals surface area contributed by atoms with E-state index in [0.717, 1.165) is 6.08 Å². The Balaban J connectivity index is 2.24. The quantitative estimate of drug-likeness (QED) is 0.480. The van der Waals surface area contributed by atoms with Crippen molar-refractivity contribution in [1.82, 2.24) is 0 Å². The molecule has 0 radical (unpaired) electrons. The first-order chi connectivity index (χ1) is 10.1. The van der Waals surface area contributed by atoms with Crippen LogP contribution < -0.4 is 9.47 Å². The van der Waals surface area contributed by atoms with Gasteiger partial charge in [0.05, 0.1) is 5.56 Å². The van der Waals surface area contributed by atoms with Crippen molar-refractivity contribution < 1.29 is 19.1 Å². The number of benzene rings is 2. The Morgan fingerprint density at radius 1 is 0.952 bits per heavy atom. The lowest BCUT2D eigenvalue weighted by Gasteiger charge is -2.09. The first kappa shape index (κ1) is 15.0. The van der Waals surface area contributed by atoms with Crippen LogP contribution in [0.3, 0.4) is 0 Å². The molecular formula is C16H11BrO4. The van der Waals surface area contributed by atoms with Crippen molar-refractivity contribution in [2.24, 2.45) is 0 Å². The normalized spacial score (nSPS) is 9.76. The van der Waals surface area contributed by atoms with Crippen LogP contribution in [0.25, 0.3) is 0 Å². The number of rotatable bonds is 4. The molecule has 0 aliphatic heterocycles. The minimum absolute atomic E-state index is 0.155. The lowest BCUT2D eigenvalue weighted by molar-refractivity contribution is -0.129. The molecule has 0 saturated carbocycles. The SMILES string of the molecule is C=CC(=O)Oc1ccccc1OC(=O)c1ccccc1Br. The molecule has 0 bridgehead atoms. The Morgan fingerprint density at radius 2 is 1.52 bits per heavy atom. The average molecular weight is 347 g/mol. The average Bonchev–Trinajstić information content (AvgIpc) is 2.49. The first-order valence-electron chi connectivity index (χ1n) is 6.02. The van der Waals surface area contributed by atoms with Crippen LogP contribution in [0.2, 0.25) is 0 Å². The molecule has 2 aromatic rings. The van der Waals surface area contributed by atoms with Gasteiger partial charge in [0.25, 0.3) is 0 Å². The molecule has 4 nitrogen and oxygen atoms in total. The van der Waals surface area contributed by atoms with E-state index in [-0.39, 0.29) is 11.5 Å². The van der Waals surface area contributed by atoms with Gasteiger partial charge >= 0.3 is 11.9 Å². The van der Waals surface area contributed by atoms with Gasteiger partial charge in [0.1, 0.15) is 0 Å². The lowest BCUT2D eigenvalue weighted by atomic mass is 10.2. The van der Waals surface area contributed by atoms with E-state index in [4.69, 9.17) is 9.47 Å². The summed E-state index contributed by atoms with van der Waals surface area (Å²) >= 11 is 3.28. The van der Waals surface area contributed by atoms with Gasteiger partial charge in [-0.3, -0.25) is 0 Å². The predicted octanol–water partition coefficient (Wildman–Crippen LogP) is 3.76. The molecule has 106 valence electrons. The fraction of sp³-hybridized carbons (Fsp3) is 0. The number of para-hydroxylation sites is 2. The van der Waals surface area contributed by atoms with Gasteiger partial charge < -0.3 is 9.47 Å². The zero-order chi connectivity index (χ0) is 15.2. The first-order valence-corrected chi connectivity index (χ1v) is 6.81. The van der Waals surface area contributed by atoms with E-state index in [0.29, 0.717) is 10.0 Å². The second-order valence-corrected chi connectivity index (χ2v) is 4.80. The molecule has 0 N–H and O–H groups in total. The molecule has 0 unspecified atom stereocenters. The van der Waals surface area contributed by atoms with Gasteiger partial charge in [0.2, 0.25) is 0 Å². The smallest absolute Gasteiger partial charge is 0.344 e. The highest BCUT2D eigenvalue weighted by molar-refractivity contribution is 9.10. The minimum atomic E-state index is -0.626. The molecule has 0 spiro atoms. The molecule has 0 fully saturated rings. The number of carbonyl (C=O) groups is 2. The summed E-state index contributed by atoms with van der Waals surface area (Å²) in [6.45, 7) is 3.32. The molecule has 2 rings (SSSR count). The summed E-state index contributed by atoms with van der Waals surface area (Å²) in [5.74, 6) is -0.861. The Kier molecular flexibility index (Phi) is 4.90. The number of esters is 2. The van der Waals surface area contributed by atoms with Crippen LogP contribution in [-0.4, -0.2) is 11.9 Å². The van der Waals surface area contributed by atoms with E-state index in [9.17, 15) is 9.59 Å². The van der Waals surface area contributed by atoms with Crippen molar-refractivity contribution in [2.45, 2.75) is 0 Å². The summed E-state index contributed by atoms with van der Waals surface area (Å²) in [5, 5.41) is 0. The highest BCUT2D eigenvalue weighted by Gasteiger charge is 2.15. The van der Waals surface area contributed by atoms with Gasteiger partial charge in [-0.15, -0.1) is 0 Å². The van der Waals surface area contributed by atoms with Crippen LogP contribution in [0.5, 0.6) is 11.5 Å². The van der Waals surface area contributed by atoms with Crippen LogP contribution in [-0.2, 0) is 4.79 Å². The van der Waals surface area contributed by atoms with Crippen molar-refractivity contribution in [2.75, 3.05) is 0 Å². The standard InChI is InChI=1S/C16H11BrO4/c1-2-15(18)20-13-9-5-6-10-14(13)21-16(19)11-7-3-4-8-12(11)17/h2-10H,1H2. The molecule has 0 aromatic heterocycles. The molecule has 5 heteroatoms. The molecule has 0 amide bonds. The lowest BCUT2D eigenvalue weighted by Crippen LogP contribution is -2.11. The largest absolute Gasteiger partial charge is 0.419 e. The van der Waals surface area contributed by atoms with Crippen LogP contribution in [0.15, 0.2) is 65.7 Å². The van der Waals surface area contributed by atoms with Crippen molar-refractivity contribution >= 4 is 27.9 Å². The zero-order valence-electron chi connectivity index (χ0n) is 10.9. The van der Waals surface area contributed by atoms with Crippen LogP contribution in [0.4, 0.5) is 0 Å². The van der Waals surface area contributed by atoms with Gasteiger partial charge in [0.15, 0.2) is 11.5 Å². The number of ether oxygens (including phenoxy) is 2. The van der Waals surface area contributed by atoms with Gasteiger partial charge in [-0.2, -0.15) is 0 Å². The van der Waals surface area contributed by atoms with Crippen LogP contribution in [0.1, 0.15) is 10.4 Å². The monoisotopic (exact) mass is 346 g/mol. The molecule has 2 aromatic carbocycles. The Labute approximate surface area is 130 Å². The Hall–Kier alpha value is -2.40. The zero-order valence-corrected chi connectivity index (χ0v) is 12.5. The topological polar surface area (TPSA) is 52.6 Å². The van der Waals surface area contributed by atoms with Gasteiger partial charge in [-0.1, -0.05) is 30.8 Å². The molecule has 0 aliphatic rings. The summed E-state index contributed by atoms with van der Waals surface area (Å²) in [5.41, 5.74) is 0.377. The highest BCUT2D eigenvalue weighted by Crippen LogP contribution is 2.28. The number of hydrogen-bond donors (Lipinski definition) is 0. The third kappa shape index (κ3) is 3.79. The molecule has 0 heterocycles. The van der Waals surface area contributed by atoms with E-state index in [1.54, 1.807) is 42.5 Å². The molecule has 0 aliphatic carbocycles. The van der Waals surface area contributed by atoms with Crippen molar-refractivity contribution in [3.63, 3.8) is 0 Å². The minimum Gasteiger partial charge on any atom is -0.419 e. The van der Waals surface area contributed by atoms with E-state index in [1.807, 2.05) is 0 Å². The maximum Gasteiger partial charge on any atom is 0.344 e. The molecular weight excluding hydrogens is 336 g/mol. The second kappa shape index (κ2) is 6.85. The van der Waals surface area contributed by atoms with Gasteiger partial charge in [0, 0.05) is 10.5 Å². The fourth-order valence-corrected chi connectivity index (χ4v) is 2.00. The van der Waals surface area contributed by atoms with Crippen molar-refractivity contribution in [1.29, 1.82) is 0 Å². The van der Waals surface area contributed by atoms with Crippen LogP contribution >= 0.6 is 15.9 Å². The Bertz CT molecular complexity index is 694. The van der Waals surface area contributed by atoms with Crippen molar-refractivity contribution in [3.8, 4) is 11.5 Å². The highest BCUT2D eigenvalue weighted by atomic mass is 79.9. The fourth-order valence-electron chi connectivity index (χ4n) is 1.55. The number of hydrogen-bond acceptors (Lipinski definition) is 4. The summed E-state index contributed by atoms with van der Waals surface area (Å²) in [6, 6.07) is 13.3. The predicted molar refractivity (Wildman–Crippen MR) is 81.4 cm³/mol. The number of carbonyl (C=O) groups excluding carboxylic acids is 2. The summed E-state index contributed by atoms with van der Waals surface area (Å²) < 4.78 is 10.9. The molecule has 0 saturated heterocycles.